The topological polar surface area (TPSA) is 528 Å². The molecule has 10 saturated heterocycles. The first-order valence-corrected chi connectivity index (χ1v) is 42.2. The summed E-state index contributed by atoms with van der Waals surface area (Å²) in [6.07, 6.45) is -4.29. The van der Waals surface area contributed by atoms with E-state index < -0.39 is 193 Å². The van der Waals surface area contributed by atoms with Crippen LogP contribution < -0.4 is 55.4 Å². The second-order valence-electron chi connectivity index (χ2n) is 25.9. The van der Waals surface area contributed by atoms with Crippen LogP contribution in [0.5, 0.6) is 5.88 Å². The van der Waals surface area contributed by atoms with Gasteiger partial charge in [0.2, 0.25) is 12.1 Å². The van der Waals surface area contributed by atoms with Gasteiger partial charge in [-0.25, -0.2) is 32.8 Å². The second kappa shape index (κ2) is 42.1. The molecular weight excluding hydrogens is 2010 g/mol. The minimum Gasteiger partial charge on any atom is -0.478 e. The van der Waals surface area contributed by atoms with E-state index in [0.29, 0.717) is 19.6 Å². The van der Waals surface area contributed by atoms with Crippen LogP contribution in [0.25, 0.3) is 0 Å². The maximum absolute atomic E-state index is 14.9. The molecule has 0 spiro atoms. The van der Waals surface area contributed by atoms with Crippen LogP contribution in [0.3, 0.4) is 0 Å². The van der Waals surface area contributed by atoms with Gasteiger partial charge in [0.15, 0.2) is 82.9 Å². The average Bonchev–Trinajstić information content (AvgIpc) is 1.56. The fourth-order valence-corrected chi connectivity index (χ4v) is 15.8. The molecule has 0 saturated carbocycles. The van der Waals surface area contributed by atoms with Crippen molar-refractivity contribution in [2.45, 2.75) is 126 Å². The number of aliphatic hydroxyl groups is 2. The molecule has 6 N–H and O–H groups in total. The van der Waals surface area contributed by atoms with Gasteiger partial charge < -0.3 is 84.9 Å². The van der Waals surface area contributed by atoms with E-state index in [-0.39, 0.29) is 240 Å². The van der Waals surface area contributed by atoms with Crippen molar-refractivity contribution in [3.63, 3.8) is 0 Å². The largest absolute Gasteiger partial charge is 0.478 e. The Hall–Kier alpha value is -0.401. The van der Waals surface area contributed by atoms with E-state index in [1.54, 1.807) is 13.0 Å². The number of alkyl halides is 2. The van der Waals surface area contributed by atoms with Crippen LogP contribution >= 0.6 is 52.8 Å². The number of hydrogen-bond donors (Lipinski definition) is 7. The summed E-state index contributed by atoms with van der Waals surface area (Å²) in [5.74, 6) is -2.45. The van der Waals surface area contributed by atoms with Crippen molar-refractivity contribution >= 4 is 52.8 Å². The zero-order valence-corrected chi connectivity index (χ0v) is 80.3. The van der Waals surface area contributed by atoms with Crippen molar-refractivity contribution < 1.29 is 280 Å². The van der Waals surface area contributed by atoms with E-state index in [9.17, 15) is 85.0 Å². The SMILES string of the molecule is CCOc1ccn([C@@H]2O[C@@]3(CO[PH](C)=O)CO[C@@H]2[C@@H]3O)c(=O)n1.C[PH](=O)OC[C@@]12CO[C@@H]([C@H](n3ccc(=O)[nH]c3=O)O1)[C@@H]2F.C[PH](=O)OC[C@@]12CO[C@@H]([C@H](n3ccc(=O)[nH]c3=O)O1)[C@@H]2S.C[PH](=O)OC[C@]12CO[C@H](C1)[C@H](n1ccc(=O)[nH]c1=O)O2.C[PH](=O)OC[C@]12CO[C@](F)([C@@H]1O)[C@H](n1ccc(=O)[nH]c1=O)O2.[Y].[Y].[Y].[Y].[Y]. The van der Waals surface area contributed by atoms with Crippen molar-refractivity contribution in [3.8, 4) is 5.88 Å². The summed E-state index contributed by atoms with van der Waals surface area (Å²) in [6, 6.07) is 6.18. The van der Waals surface area contributed by atoms with Crippen LogP contribution in [0.4, 0.5) is 8.78 Å². The third-order valence-electron chi connectivity index (χ3n) is 18.3. The molecule has 112 heavy (non-hydrogen) atoms. The molecule has 15 rings (SSSR count). The van der Waals surface area contributed by atoms with Gasteiger partial charge in [0.25, 0.3) is 28.1 Å². The first kappa shape index (κ1) is 100. The fourth-order valence-electron chi connectivity index (χ4n) is 13.1. The van der Waals surface area contributed by atoms with Crippen molar-refractivity contribution in [3.05, 3.63) is 155 Å². The summed E-state index contributed by atoms with van der Waals surface area (Å²) in [7, 11) is -10.9. The Morgan fingerprint density at radius 3 is 1.40 bits per heavy atom. The van der Waals surface area contributed by atoms with Crippen LogP contribution in [0.1, 0.15) is 44.5 Å². The van der Waals surface area contributed by atoms with Crippen LogP contribution in [-0.4, -0.2) is 246 Å². The molecule has 5 aromatic heterocycles. The van der Waals surface area contributed by atoms with E-state index in [4.69, 9.17) is 74.7 Å². The molecule has 607 valence electrons. The number of thiol groups is 1. The fraction of sp³-hybridized carbons (Fsp3) is 0.649. The molecule has 10 bridgehead atoms. The van der Waals surface area contributed by atoms with Gasteiger partial charge in [-0.15, -0.1) is 0 Å². The molecule has 10 aliphatic rings. The third kappa shape index (κ3) is 22.0. The van der Waals surface area contributed by atoms with Gasteiger partial charge in [0, 0.05) is 265 Å². The van der Waals surface area contributed by atoms with Crippen LogP contribution in [-0.2, 0) is 256 Å². The van der Waals surface area contributed by atoms with Crippen LogP contribution in [0.2, 0.25) is 0 Å². The maximum Gasteiger partial charge on any atom is 0.353 e. The Bertz CT molecular complexity index is 4710. The predicted molar refractivity (Wildman–Crippen MR) is 367 cm³/mol. The van der Waals surface area contributed by atoms with E-state index in [2.05, 4.69) is 32.6 Å². The normalized spacial score (nSPS) is 33.9. The number of hydrogen-bond acceptors (Lipinski definition) is 34. The Labute approximate surface area is 765 Å². The zero-order valence-electron chi connectivity index (χ0n) is 60.2. The van der Waals surface area contributed by atoms with Crippen LogP contribution in [0, 0.1) is 0 Å². The number of rotatable bonds is 22. The van der Waals surface area contributed by atoms with Crippen molar-refractivity contribution in [1.82, 2.24) is 47.8 Å². The molecule has 0 amide bonds. The monoisotopic (exact) mass is 2080 g/mol. The zero-order chi connectivity index (χ0) is 77.5. The molecule has 5 aromatic rings. The Kier molecular flexibility index (Phi) is 37.8. The second-order valence-corrected chi connectivity index (χ2v) is 32.8. The van der Waals surface area contributed by atoms with E-state index in [1.807, 2.05) is 4.98 Å². The molecule has 10 aliphatic heterocycles. The van der Waals surface area contributed by atoms with E-state index in [0.717, 1.165) is 27.5 Å². The van der Waals surface area contributed by atoms with Gasteiger partial charge in [0.05, 0.1) is 77.9 Å². The molecular formula is C57H77F2N10O32P5SY5. The van der Waals surface area contributed by atoms with Gasteiger partial charge in [-0.3, -0.25) is 84.8 Å². The quantitative estimate of drug-likeness (QED) is 0.0284. The number of aromatic nitrogens is 10. The molecule has 0 aliphatic carbocycles. The summed E-state index contributed by atoms with van der Waals surface area (Å²) in [6.45, 7) is 9.38. The van der Waals surface area contributed by atoms with Crippen molar-refractivity contribution in [1.29, 1.82) is 0 Å². The van der Waals surface area contributed by atoms with Gasteiger partial charge in [-0.1, -0.05) is 0 Å². The number of aromatic amines is 4. The first-order valence-electron chi connectivity index (χ1n) is 32.6. The molecule has 5 unspecified atom stereocenters. The summed E-state index contributed by atoms with van der Waals surface area (Å²) < 4.78 is 177. The molecule has 10 fully saturated rings. The molecule has 42 nitrogen and oxygen atoms in total. The standard InChI is InChI=1S/C13H19N2O7P.C11H14FN2O7P.C11H14FN2O6P.C11H15N2O6PS.C11H15N2O6P.5Y/c1-3-19-8-4-5-15(12(17)14-8)11-9-10(16)13(22-11,6-20-9)7-21-23(2)18;1-22(18)20-5-10-4-19-11(12,7(10)16)8(21-10)14-3-2-6(15)13-9(14)17;1-21(17)19-5-11-4-18-7(8(11)12)9(20-11)14-3-2-6(15)13-10(14)16;1-20(16)18-5-11-4-17-7(8(11)21)9(19-11)13-3-2-6(14)12-10(13)15;1-20(16)18-6-11-4-7(17-5-11)9(19-11)13-3-2-8(14)12-10(13)15;;;;;/h4-5,9-11,16,23H,3,6-7H2,1-2H3;2-3,7-8,16,22H,4-5H2,1H3,(H,13,15,17);2-3,7-9,21H,4-5H2,1H3,(H,13,15,16);2-3,7-9,20-21H,4-5H2,1H3,(H,12,14,15);2-3,7,9,20H,4-6H2,1H3,(H,12,14,15);;;;;/t9-,10+,11-,13-;7-,8-,10-,11-;2*7-,8+,9-,11-;7-,9-,11-;;;;;/m11111...../s1. The Morgan fingerprint density at radius 1 is 0.500 bits per heavy atom. The minimum atomic E-state index is -2.67. The van der Waals surface area contributed by atoms with E-state index in [1.165, 1.54) is 83.9 Å². The number of halogens is 2. The summed E-state index contributed by atoms with van der Waals surface area (Å²) in [5.41, 5.74) is -11.0. The first-order chi connectivity index (χ1) is 50.6. The molecule has 55 heteroatoms. The Morgan fingerprint density at radius 2 is 0.902 bits per heavy atom. The molecule has 24 atom stereocenters. The smallest absolute Gasteiger partial charge is 0.353 e. The Balaban J connectivity index is 0.000000216. The van der Waals surface area contributed by atoms with Gasteiger partial charge in [-0.05, 0) is 6.92 Å². The van der Waals surface area contributed by atoms with E-state index >= 15 is 0 Å². The minimum absolute atomic E-state index is 0. The summed E-state index contributed by atoms with van der Waals surface area (Å²) in [5, 5.41) is 20.2. The van der Waals surface area contributed by atoms with Gasteiger partial charge in [-0.2, -0.15) is 17.6 Å². The molecule has 0 aromatic carbocycles. The summed E-state index contributed by atoms with van der Waals surface area (Å²) >= 11 is 4.49. The number of H-pyrrole nitrogens is 4. The average molecular weight is 2080 g/mol. The number of fused-ring (bicyclic) bond motifs is 10. The van der Waals surface area contributed by atoms with Crippen LogP contribution in [0.15, 0.2) is 104 Å². The number of ether oxygens (including phenoxy) is 11. The number of nitrogens with one attached hydrogen (secondary N) is 4. The van der Waals surface area contributed by atoms with Gasteiger partial charge >= 0.3 is 28.4 Å². The third-order valence-corrected chi connectivity index (χ3v) is 21.9. The number of aliphatic hydroxyl groups excluding tert-OH is 2. The van der Waals surface area contributed by atoms with Crippen molar-refractivity contribution in [2.24, 2.45) is 0 Å². The molecule has 15 heterocycles. The van der Waals surface area contributed by atoms with Gasteiger partial charge in [0.1, 0.15) is 52.9 Å². The predicted octanol–water partition coefficient (Wildman–Crippen LogP) is -2.24. The molecule has 5 radical (unpaired) electrons. The maximum atomic E-state index is 14.9. The van der Waals surface area contributed by atoms with Crippen molar-refractivity contribution in [2.75, 3.05) is 106 Å². The summed E-state index contributed by atoms with van der Waals surface area (Å²) in [4.78, 5) is 116. The number of nitrogens with zero attached hydrogens (tertiary/aromatic N) is 6.